The monoisotopic (exact) mass is 409 g/mol. The van der Waals surface area contributed by atoms with Crippen LogP contribution in [0.4, 0.5) is 0 Å². The smallest absolute Gasteiger partial charge is 0.260 e. The van der Waals surface area contributed by atoms with Crippen LogP contribution in [0.5, 0.6) is 0 Å². The van der Waals surface area contributed by atoms with Crippen molar-refractivity contribution in [3.05, 3.63) is 20.8 Å². The summed E-state index contributed by atoms with van der Waals surface area (Å²) in [4.78, 5) is 35.6. The van der Waals surface area contributed by atoms with Gasteiger partial charge in [0.15, 0.2) is 5.16 Å². The topological polar surface area (TPSA) is 88.5 Å². The lowest BCUT2D eigenvalue weighted by molar-refractivity contribution is -0.906. The quantitative estimate of drug-likeness (QED) is 0.461. The number of quaternary nitrogens is 1. The second kappa shape index (κ2) is 8.72. The van der Waals surface area contributed by atoms with E-state index in [1.165, 1.54) is 33.5 Å². The highest BCUT2D eigenvalue weighted by Gasteiger charge is 2.20. The molecule has 1 aliphatic carbocycles. The molecule has 0 aromatic carbocycles. The Hall–Kier alpha value is -1.42. The first-order valence-corrected chi connectivity index (χ1v) is 11.4. The minimum absolute atomic E-state index is 0.0270. The van der Waals surface area contributed by atoms with Crippen LogP contribution < -0.4 is 15.8 Å². The molecule has 0 radical (unpaired) electrons. The number of aromatic amines is 1. The van der Waals surface area contributed by atoms with Crippen molar-refractivity contribution in [1.29, 1.82) is 0 Å². The number of H-pyrrole nitrogens is 1. The van der Waals surface area contributed by atoms with Crippen LogP contribution in [0, 0.1) is 0 Å². The molecular weight excluding hydrogens is 384 g/mol. The van der Waals surface area contributed by atoms with Crippen molar-refractivity contribution in [3.63, 3.8) is 0 Å². The van der Waals surface area contributed by atoms with Crippen LogP contribution in [0.3, 0.4) is 0 Å². The van der Waals surface area contributed by atoms with Crippen LogP contribution in [0.2, 0.25) is 0 Å². The van der Waals surface area contributed by atoms with Gasteiger partial charge in [0.05, 0.1) is 37.4 Å². The summed E-state index contributed by atoms with van der Waals surface area (Å²) in [5.74, 6) is 0.235. The molecule has 146 valence electrons. The number of amides is 1. The molecule has 3 N–H and O–H groups in total. The molecule has 0 atom stereocenters. The summed E-state index contributed by atoms with van der Waals surface area (Å²) in [5, 5.41) is 4.24. The Labute approximate surface area is 165 Å². The third-order valence-corrected chi connectivity index (χ3v) is 7.20. The maximum absolute atomic E-state index is 12.5. The van der Waals surface area contributed by atoms with Gasteiger partial charge in [-0.3, -0.25) is 9.59 Å². The third-order valence-electron chi connectivity index (χ3n) is 5.14. The Morgan fingerprint density at radius 3 is 2.96 bits per heavy atom. The van der Waals surface area contributed by atoms with Gasteiger partial charge in [0.1, 0.15) is 17.9 Å². The lowest BCUT2D eigenvalue weighted by atomic mass is 9.97. The minimum Gasteiger partial charge on any atom is -0.370 e. The van der Waals surface area contributed by atoms with E-state index in [-0.39, 0.29) is 17.2 Å². The summed E-state index contributed by atoms with van der Waals surface area (Å²) in [6.07, 6.45) is 4.35. The summed E-state index contributed by atoms with van der Waals surface area (Å²) >= 11 is 2.92. The number of nitrogens with one attached hydrogen (secondary N) is 3. The standard InChI is InChI=1S/C18H24N4O3S2/c23-14(19-5-6-22-7-9-25-10-8-22)11-26-18-20-16(24)15-12-3-1-2-4-13(12)27-17(15)21-18/h1-11H2,(H,19,23)(H,20,21,24)/p+1. The molecule has 0 spiro atoms. The number of morpholine rings is 1. The molecule has 1 fully saturated rings. The van der Waals surface area contributed by atoms with E-state index >= 15 is 0 Å². The predicted molar refractivity (Wildman–Crippen MR) is 107 cm³/mol. The van der Waals surface area contributed by atoms with Gasteiger partial charge >= 0.3 is 0 Å². The van der Waals surface area contributed by atoms with Gasteiger partial charge in [-0.2, -0.15) is 0 Å². The molecule has 0 unspecified atom stereocenters. The molecule has 3 heterocycles. The van der Waals surface area contributed by atoms with Gasteiger partial charge < -0.3 is 19.9 Å². The van der Waals surface area contributed by atoms with E-state index in [1.807, 2.05) is 0 Å². The van der Waals surface area contributed by atoms with E-state index in [9.17, 15) is 9.59 Å². The fraction of sp³-hybridized carbons (Fsp3) is 0.611. The molecule has 27 heavy (non-hydrogen) atoms. The number of carbonyl (C=O) groups is 1. The lowest BCUT2D eigenvalue weighted by Crippen LogP contribution is -3.14. The number of rotatable bonds is 6. The van der Waals surface area contributed by atoms with Crippen LogP contribution in [0.25, 0.3) is 10.2 Å². The summed E-state index contributed by atoms with van der Waals surface area (Å²) in [6.45, 7) is 5.18. The highest BCUT2D eigenvalue weighted by molar-refractivity contribution is 7.99. The molecule has 7 nitrogen and oxygen atoms in total. The van der Waals surface area contributed by atoms with Crippen molar-refractivity contribution >= 4 is 39.2 Å². The third kappa shape index (κ3) is 4.53. The summed E-state index contributed by atoms with van der Waals surface area (Å²) in [5.41, 5.74) is 1.12. The molecule has 2 aromatic heterocycles. The average Bonchev–Trinajstić information content (AvgIpc) is 3.06. The Balaban J connectivity index is 1.32. The SMILES string of the molecule is O=C(CSc1nc2sc3c(c2c(=O)[nH]1)CCCC3)NCC[NH+]1CCOCC1. The van der Waals surface area contributed by atoms with E-state index in [4.69, 9.17) is 4.74 Å². The molecule has 1 saturated heterocycles. The van der Waals surface area contributed by atoms with Crippen LogP contribution in [-0.4, -0.2) is 61.0 Å². The highest BCUT2D eigenvalue weighted by Crippen LogP contribution is 2.34. The van der Waals surface area contributed by atoms with E-state index in [0.717, 1.165) is 62.3 Å². The number of fused-ring (bicyclic) bond motifs is 3. The number of aryl methyl sites for hydroxylation is 2. The molecule has 1 aliphatic heterocycles. The number of hydrogen-bond acceptors (Lipinski definition) is 6. The molecule has 0 saturated carbocycles. The van der Waals surface area contributed by atoms with Gasteiger partial charge in [0.2, 0.25) is 5.91 Å². The average molecular weight is 410 g/mol. The Morgan fingerprint density at radius 2 is 2.11 bits per heavy atom. The zero-order valence-electron chi connectivity index (χ0n) is 15.3. The number of carbonyl (C=O) groups excluding carboxylic acids is 1. The van der Waals surface area contributed by atoms with Gasteiger partial charge in [0.25, 0.3) is 5.56 Å². The Morgan fingerprint density at radius 1 is 1.30 bits per heavy atom. The molecule has 1 amide bonds. The number of nitrogens with zero attached hydrogens (tertiary/aromatic N) is 1. The normalized spacial score (nSPS) is 17.8. The van der Waals surface area contributed by atoms with Crippen LogP contribution >= 0.6 is 23.1 Å². The molecule has 9 heteroatoms. The van der Waals surface area contributed by atoms with Gasteiger partial charge in [-0.25, -0.2) is 4.98 Å². The van der Waals surface area contributed by atoms with E-state index in [0.29, 0.717) is 11.7 Å². The highest BCUT2D eigenvalue weighted by atomic mass is 32.2. The van der Waals surface area contributed by atoms with Crippen LogP contribution in [-0.2, 0) is 22.4 Å². The minimum atomic E-state index is -0.0711. The molecule has 4 rings (SSSR count). The van der Waals surface area contributed by atoms with Gasteiger partial charge in [-0.05, 0) is 31.2 Å². The molecular formula is C18H25N4O3S2+. The molecule has 2 aliphatic rings. The van der Waals surface area contributed by atoms with Gasteiger partial charge in [0, 0.05) is 4.88 Å². The predicted octanol–water partition coefficient (Wildman–Crippen LogP) is -0.0132. The first kappa shape index (κ1) is 18.9. The second-order valence-electron chi connectivity index (χ2n) is 7.01. The molecule has 0 bridgehead atoms. The van der Waals surface area contributed by atoms with E-state index in [2.05, 4.69) is 15.3 Å². The zero-order chi connectivity index (χ0) is 18.6. The summed E-state index contributed by atoms with van der Waals surface area (Å²) in [6, 6.07) is 0. The number of aromatic nitrogens is 2. The maximum Gasteiger partial charge on any atom is 0.260 e. The van der Waals surface area contributed by atoms with Gasteiger partial charge in [-0.15, -0.1) is 11.3 Å². The Kier molecular flexibility index (Phi) is 6.11. The van der Waals surface area contributed by atoms with Crippen molar-refractivity contribution in [2.24, 2.45) is 0 Å². The van der Waals surface area contributed by atoms with Crippen molar-refractivity contribution in [2.75, 3.05) is 45.1 Å². The van der Waals surface area contributed by atoms with Crippen molar-refractivity contribution in [2.45, 2.75) is 30.8 Å². The van der Waals surface area contributed by atoms with Crippen LogP contribution in [0.15, 0.2) is 9.95 Å². The van der Waals surface area contributed by atoms with E-state index in [1.54, 1.807) is 11.3 Å². The first-order valence-electron chi connectivity index (χ1n) is 9.56. The van der Waals surface area contributed by atoms with E-state index < -0.39 is 0 Å². The largest absolute Gasteiger partial charge is 0.370 e. The van der Waals surface area contributed by atoms with Crippen molar-refractivity contribution in [1.82, 2.24) is 15.3 Å². The number of ether oxygens (including phenoxy) is 1. The number of hydrogen-bond donors (Lipinski definition) is 3. The maximum atomic E-state index is 12.5. The first-order chi connectivity index (χ1) is 13.2. The zero-order valence-corrected chi connectivity index (χ0v) is 16.9. The number of thioether (sulfide) groups is 1. The fourth-order valence-corrected chi connectivity index (χ4v) is 5.70. The van der Waals surface area contributed by atoms with Crippen molar-refractivity contribution < 1.29 is 14.4 Å². The van der Waals surface area contributed by atoms with Crippen molar-refractivity contribution in [3.8, 4) is 0 Å². The second-order valence-corrected chi connectivity index (χ2v) is 9.06. The molecule has 2 aromatic rings. The van der Waals surface area contributed by atoms with Gasteiger partial charge in [-0.1, -0.05) is 11.8 Å². The Bertz CT molecular complexity index is 873. The summed E-state index contributed by atoms with van der Waals surface area (Å²) < 4.78 is 5.33. The number of thiophene rings is 1. The lowest BCUT2D eigenvalue weighted by Gasteiger charge is -2.23. The van der Waals surface area contributed by atoms with Crippen LogP contribution in [0.1, 0.15) is 23.3 Å². The fourth-order valence-electron chi connectivity index (χ4n) is 3.69. The summed E-state index contributed by atoms with van der Waals surface area (Å²) in [7, 11) is 0.